The van der Waals surface area contributed by atoms with Crippen LogP contribution in [0.3, 0.4) is 0 Å². The molecule has 0 heterocycles. The Labute approximate surface area is 103 Å². The summed E-state index contributed by atoms with van der Waals surface area (Å²) in [6.07, 6.45) is 1.25. The first-order valence-electron chi connectivity index (χ1n) is 5.74. The maximum atomic E-state index is 10.5. The highest BCUT2D eigenvalue weighted by Crippen LogP contribution is 2.10. The van der Waals surface area contributed by atoms with Crippen LogP contribution in [0, 0.1) is 0 Å². The lowest BCUT2D eigenvalue weighted by Crippen LogP contribution is -2.06. The molecule has 0 atom stereocenters. The molecule has 0 unspecified atom stereocenters. The Hall–Kier alpha value is -0.480. The van der Waals surface area contributed by atoms with Crippen molar-refractivity contribution >= 4 is 17.7 Å². The molecule has 0 aromatic heterocycles. The van der Waals surface area contributed by atoms with Gasteiger partial charge in [-0.3, -0.25) is 0 Å². The van der Waals surface area contributed by atoms with Crippen LogP contribution in [-0.4, -0.2) is 29.1 Å². The van der Waals surface area contributed by atoms with Gasteiger partial charge in [-0.15, -0.1) is 0 Å². The quantitative estimate of drug-likeness (QED) is 0.708. The minimum absolute atomic E-state index is 0.496. The fourth-order valence-corrected chi connectivity index (χ4v) is 1.62. The number of carboxylic acids is 1. The second-order valence-electron chi connectivity index (χ2n) is 3.24. The first kappa shape index (κ1) is 17.9. The van der Waals surface area contributed by atoms with E-state index in [1.165, 1.54) is 11.5 Å². The van der Waals surface area contributed by atoms with Gasteiger partial charge in [-0.25, -0.2) is 4.79 Å². The van der Waals surface area contributed by atoms with Crippen LogP contribution in [0.2, 0.25) is 0 Å². The van der Waals surface area contributed by atoms with Crippen molar-refractivity contribution in [2.75, 3.05) is 18.1 Å². The molecule has 0 rings (SSSR count). The van der Waals surface area contributed by atoms with E-state index in [0.717, 1.165) is 5.57 Å². The van der Waals surface area contributed by atoms with Gasteiger partial charge < -0.3 is 10.8 Å². The van der Waals surface area contributed by atoms with Crippen LogP contribution in [0.1, 0.15) is 40.5 Å². The molecule has 0 radical (unpaired) electrons. The Morgan fingerprint density at radius 1 is 1.25 bits per heavy atom. The molecule has 0 saturated carbocycles. The van der Waals surface area contributed by atoms with E-state index in [9.17, 15) is 4.79 Å². The van der Waals surface area contributed by atoms with Gasteiger partial charge in [0.2, 0.25) is 0 Å². The smallest absolute Gasteiger partial charge is 0.331 e. The zero-order valence-electron chi connectivity index (χ0n) is 10.9. The van der Waals surface area contributed by atoms with Crippen LogP contribution in [0.15, 0.2) is 11.1 Å². The Kier molecular flexibility index (Phi) is 14.1. The van der Waals surface area contributed by atoms with Crippen molar-refractivity contribution in [3.8, 4) is 0 Å². The van der Waals surface area contributed by atoms with Crippen LogP contribution in [0.25, 0.3) is 0 Å². The lowest BCUT2D eigenvalue weighted by molar-refractivity contribution is -0.132. The summed E-state index contributed by atoms with van der Waals surface area (Å²) in [5.74, 6) is 1.70. The number of aliphatic carboxylic acids is 1. The Morgan fingerprint density at radius 3 is 1.94 bits per heavy atom. The maximum absolute atomic E-state index is 10.5. The van der Waals surface area contributed by atoms with Crippen LogP contribution >= 0.6 is 11.8 Å². The minimum atomic E-state index is -0.821. The fourth-order valence-electron chi connectivity index (χ4n) is 1.21. The second-order valence-corrected chi connectivity index (χ2v) is 4.80. The molecule has 16 heavy (non-hydrogen) atoms. The summed E-state index contributed by atoms with van der Waals surface area (Å²) in [5, 5.41) is 8.67. The van der Waals surface area contributed by atoms with Crippen molar-refractivity contribution in [2.24, 2.45) is 5.73 Å². The van der Waals surface area contributed by atoms with Gasteiger partial charge in [0.15, 0.2) is 0 Å². The van der Waals surface area contributed by atoms with Crippen LogP contribution in [-0.2, 0) is 4.79 Å². The standard InChI is InChI=1S/C8H15NO2.C4H10S/c1-3-7(8(10)11)6(2)4-5-9;1-3-5-4-2/h3-5,9H2,1-2H3,(H,10,11);3-4H2,1-2H3. The van der Waals surface area contributed by atoms with Gasteiger partial charge in [0.25, 0.3) is 0 Å². The first-order chi connectivity index (χ1) is 7.54. The first-order valence-corrected chi connectivity index (χ1v) is 6.90. The highest BCUT2D eigenvalue weighted by Gasteiger charge is 2.07. The van der Waals surface area contributed by atoms with Crippen molar-refractivity contribution in [1.29, 1.82) is 0 Å². The zero-order valence-corrected chi connectivity index (χ0v) is 11.7. The van der Waals surface area contributed by atoms with E-state index in [2.05, 4.69) is 13.8 Å². The predicted octanol–water partition coefficient (Wildman–Crippen LogP) is 2.91. The molecule has 3 nitrogen and oxygen atoms in total. The van der Waals surface area contributed by atoms with Crippen LogP contribution in [0.5, 0.6) is 0 Å². The summed E-state index contributed by atoms with van der Waals surface area (Å²) in [6.45, 7) is 8.52. The van der Waals surface area contributed by atoms with E-state index in [1.54, 1.807) is 0 Å². The molecular formula is C12H25NO2S. The summed E-state index contributed by atoms with van der Waals surface area (Å²) in [5.41, 5.74) is 6.68. The summed E-state index contributed by atoms with van der Waals surface area (Å²) in [4.78, 5) is 10.5. The van der Waals surface area contributed by atoms with Crippen molar-refractivity contribution in [3.63, 3.8) is 0 Å². The van der Waals surface area contributed by atoms with E-state index in [-0.39, 0.29) is 0 Å². The molecule has 0 aromatic rings. The summed E-state index contributed by atoms with van der Waals surface area (Å²) < 4.78 is 0. The van der Waals surface area contributed by atoms with Gasteiger partial charge in [0.1, 0.15) is 0 Å². The number of hydrogen-bond donors (Lipinski definition) is 2. The third-order valence-corrected chi connectivity index (χ3v) is 2.87. The molecule has 0 amide bonds. The summed E-state index contributed by atoms with van der Waals surface area (Å²) >= 11 is 1.96. The number of rotatable bonds is 6. The normalized spacial score (nSPS) is 11.3. The van der Waals surface area contributed by atoms with Gasteiger partial charge in [-0.1, -0.05) is 26.3 Å². The lowest BCUT2D eigenvalue weighted by Gasteiger charge is -2.03. The number of carboxylic acid groups (broad SMARTS) is 1. The molecule has 0 aliphatic carbocycles. The highest BCUT2D eigenvalue weighted by atomic mass is 32.2. The largest absolute Gasteiger partial charge is 0.478 e. The predicted molar refractivity (Wildman–Crippen MR) is 73.0 cm³/mol. The second kappa shape index (κ2) is 12.6. The molecule has 0 saturated heterocycles. The topological polar surface area (TPSA) is 63.3 Å². The molecule has 0 fully saturated rings. The van der Waals surface area contributed by atoms with E-state index >= 15 is 0 Å². The van der Waals surface area contributed by atoms with E-state index in [0.29, 0.717) is 25.0 Å². The van der Waals surface area contributed by atoms with E-state index in [4.69, 9.17) is 10.8 Å². The van der Waals surface area contributed by atoms with Crippen LogP contribution in [0.4, 0.5) is 0 Å². The molecule has 96 valence electrons. The Balaban J connectivity index is 0. The number of carbonyl (C=O) groups is 1. The van der Waals surface area contributed by atoms with E-state index in [1.807, 2.05) is 25.6 Å². The average Bonchev–Trinajstić information content (AvgIpc) is 2.20. The average molecular weight is 247 g/mol. The highest BCUT2D eigenvalue weighted by molar-refractivity contribution is 7.99. The lowest BCUT2D eigenvalue weighted by atomic mass is 10.1. The monoisotopic (exact) mass is 247 g/mol. The number of thioether (sulfide) groups is 1. The van der Waals surface area contributed by atoms with Crippen molar-refractivity contribution < 1.29 is 9.90 Å². The molecule has 0 aromatic carbocycles. The number of nitrogens with two attached hydrogens (primary N) is 1. The molecule has 0 spiro atoms. The molecule has 3 N–H and O–H groups in total. The maximum Gasteiger partial charge on any atom is 0.331 e. The van der Waals surface area contributed by atoms with Gasteiger partial charge in [0, 0.05) is 5.57 Å². The van der Waals surface area contributed by atoms with Gasteiger partial charge >= 0.3 is 5.97 Å². The molecular weight excluding hydrogens is 222 g/mol. The third-order valence-electron chi connectivity index (χ3n) is 2.05. The Bertz CT molecular complexity index is 213. The van der Waals surface area contributed by atoms with Crippen molar-refractivity contribution in [3.05, 3.63) is 11.1 Å². The van der Waals surface area contributed by atoms with Crippen molar-refractivity contribution in [1.82, 2.24) is 0 Å². The number of hydrogen-bond acceptors (Lipinski definition) is 3. The third kappa shape index (κ3) is 10.1. The van der Waals surface area contributed by atoms with E-state index < -0.39 is 5.97 Å². The zero-order chi connectivity index (χ0) is 13.0. The summed E-state index contributed by atoms with van der Waals surface area (Å²) in [7, 11) is 0. The Morgan fingerprint density at radius 2 is 1.75 bits per heavy atom. The molecule has 0 aliphatic rings. The van der Waals surface area contributed by atoms with Crippen molar-refractivity contribution in [2.45, 2.75) is 40.5 Å². The fraction of sp³-hybridized carbons (Fsp3) is 0.750. The summed E-state index contributed by atoms with van der Waals surface area (Å²) in [6, 6.07) is 0. The molecule has 4 heteroatoms. The molecule has 0 aliphatic heterocycles. The van der Waals surface area contributed by atoms with Gasteiger partial charge in [0.05, 0.1) is 0 Å². The van der Waals surface area contributed by atoms with Gasteiger partial charge in [-0.2, -0.15) is 11.8 Å². The van der Waals surface area contributed by atoms with Gasteiger partial charge in [-0.05, 0) is 37.8 Å². The van der Waals surface area contributed by atoms with Crippen LogP contribution < -0.4 is 5.73 Å². The minimum Gasteiger partial charge on any atom is -0.478 e. The SMILES string of the molecule is CCC(C(=O)O)=C(C)CCN.CCSCC. The molecule has 0 bridgehead atoms.